The predicted molar refractivity (Wildman–Crippen MR) is 63.5 cm³/mol. The number of aliphatic hydroxyl groups is 1. The van der Waals surface area contributed by atoms with Crippen LogP contribution in [0.5, 0.6) is 0 Å². The van der Waals surface area contributed by atoms with E-state index in [1.807, 2.05) is 0 Å². The lowest BCUT2D eigenvalue weighted by Gasteiger charge is -2.31. The van der Waals surface area contributed by atoms with Crippen molar-refractivity contribution in [2.24, 2.45) is 5.92 Å². The van der Waals surface area contributed by atoms with Gasteiger partial charge in [0.15, 0.2) is 0 Å². The Hall–Kier alpha value is -0.0400. The average Bonchev–Trinajstić information content (AvgIpc) is 2.17. The smallest absolute Gasteiger partial charge is 0.0668 e. The minimum Gasteiger partial charge on any atom is -0.390 e. The van der Waals surface area contributed by atoms with Gasteiger partial charge in [-0.05, 0) is 18.8 Å². The lowest BCUT2D eigenvalue weighted by atomic mass is 9.83. The Morgan fingerprint density at radius 1 is 1.00 bits per heavy atom. The van der Waals surface area contributed by atoms with E-state index in [-0.39, 0.29) is 0 Å². The third-order valence-corrected chi connectivity index (χ3v) is 3.40. The molecule has 0 amide bonds. The van der Waals surface area contributed by atoms with E-state index in [1.54, 1.807) is 0 Å². The maximum Gasteiger partial charge on any atom is 0.0668 e. The Morgan fingerprint density at radius 3 is 2.00 bits per heavy atom. The fraction of sp³-hybridized carbons (Fsp3) is 1.00. The summed E-state index contributed by atoms with van der Waals surface area (Å²) in [6.07, 6.45) is 8.29. The van der Waals surface area contributed by atoms with E-state index in [9.17, 15) is 5.11 Å². The standard InChI is InChI=1S/C13H28O/c1-5-7-8-9-10-11-13(14,6-2)12(3)4/h12,14H,5-11H2,1-4H3. The molecule has 0 radical (unpaired) electrons. The summed E-state index contributed by atoms with van der Waals surface area (Å²) in [4.78, 5) is 0. The van der Waals surface area contributed by atoms with Crippen LogP contribution in [0.25, 0.3) is 0 Å². The van der Waals surface area contributed by atoms with Crippen molar-refractivity contribution >= 4 is 0 Å². The molecule has 86 valence electrons. The van der Waals surface area contributed by atoms with Gasteiger partial charge in [0.2, 0.25) is 0 Å². The highest BCUT2D eigenvalue weighted by Gasteiger charge is 2.27. The summed E-state index contributed by atoms with van der Waals surface area (Å²) in [6.45, 7) is 8.56. The molecule has 0 spiro atoms. The second kappa shape index (κ2) is 7.28. The summed E-state index contributed by atoms with van der Waals surface area (Å²) >= 11 is 0. The molecule has 0 aromatic heterocycles. The van der Waals surface area contributed by atoms with Gasteiger partial charge in [0.1, 0.15) is 0 Å². The van der Waals surface area contributed by atoms with Gasteiger partial charge in [0.25, 0.3) is 0 Å². The quantitative estimate of drug-likeness (QED) is 0.584. The Kier molecular flexibility index (Phi) is 7.26. The number of rotatable bonds is 8. The molecule has 0 aromatic rings. The summed E-state index contributed by atoms with van der Waals surface area (Å²) in [5.41, 5.74) is -0.411. The minimum absolute atomic E-state index is 0.388. The van der Waals surface area contributed by atoms with Crippen molar-refractivity contribution in [2.75, 3.05) is 0 Å². The third-order valence-electron chi connectivity index (χ3n) is 3.40. The Morgan fingerprint density at radius 2 is 1.57 bits per heavy atom. The highest BCUT2D eigenvalue weighted by Crippen LogP contribution is 2.27. The Bertz CT molecular complexity index is 131. The molecular formula is C13H28O. The SMILES string of the molecule is CCCCCCCC(O)(CC)C(C)C. The molecule has 1 nitrogen and oxygen atoms in total. The lowest BCUT2D eigenvalue weighted by Crippen LogP contribution is -2.33. The van der Waals surface area contributed by atoms with Crippen LogP contribution in [0, 0.1) is 5.92 Å². The number of hydrogen-bond donors (Lipinski definition) is 1. The fourth-order valence-electron chi connectivity index (χ4n) is 1.91. The largest absolute Gasteiger partial charge is 0.390 e. The van der Waals surface area contributed by atoms with E-state index < -0.39 is 5.60 Å². The van der Waals surface area contributed by atoms with Crippen molar-refractivity contribution < 1.29 is 5.11 Å². The number of hydrogen-bond acceptors (Lipinski definition) is 1. The van der Waals surface area contributed by atoms with Gasteiger partial charge in [-0.15, -0.1) is 0 Å². The van der Waals surface area contributed by atoms with Gasteiger partial charge in [-0.2, -0.15) is 0 Å². The van der Waals surface area contributed by atoms with Crippen LogP contribution in [0.2, 0.25) is 0 Å². The highest BCUT2D eigenvalue weighted by molar-refractivity contribution is 4.79. The molecule has 0 saturated carbocycles. The summed E-state index contributed by atoms with van der Waals surface area (Å²) in [5, 5.41) is 10.3. The highest BCUT2D eigenvalue weighted by atomic mass is 16.3. The monoisotopic (exact) mass is 200 g/mol. The van der Waals surface area contributed by atoms with Gasteiger partial charge in [0.05, 0.1) is 5.60 Å². The van der Waals surface area contributed by atoms with Crippen LogP contribution in [-0.4, -0.2) is 10.7 Å². The average molecular weight is 200 g/mol. The van der Waals surface area contributed by atoms with Gasteiger partial charge in [-0.25, -0.2) is 0 Å². The van der Waals surface area contributed by atoms with Gasteiger partial charge >= 0.3 is 0 Å². The van der Waals surface area contributed by atoms with Crippen LogP contribution in [0.1, 0.15) is 72.6 Å². The predicted octanol–water partition coefficient (Wildman–Crippen LogP) is 4.14. The van der Waals surface area contributed by atoms with Gasteiger partial charge in [-0.3, -0.25) is 0 Å². The van der Waals surface area contributed by atoms with Crippen LogP contribution in [-0.2, 0) is 0 Å². The van der Waals surface area contributed by atoms with Crippen molar-refractivity contribution in [1.82, 2.24) is 0 Å². The van der Waals surface area contributed by atoms with Crippen LogP contribution in [0.15, 0.2) is 0 Å². The molecular weight excluding hydrogens is 172 g/mol. The van der Waals surface area contributed by atoms with Crippen molar-refractivity contribution in [2.45, 2.75) is 78.2 Å². The molecule has 0 fully saturated rings. The van der Waals surface area contributed by atoms with Crippen molar-refractivity contribution in [1.29, 1.82) is 0 Å². The summed E-state index contributed by atoms with van der Waals surface area (Å²) < 4.78 is 0. The molecule has 1 atom stereocenters. The van der Waals surface area contributed by atoms with Crippen LogP contribution < -0.4 is 0 Å². The normalized spacial score (nSPS) is 15.9. The molecule has 1 unspecified atom stereocenters. The molecule has 14 heavy (non-hydrogen) atoms. The van der Waals surface area contributed by atoms with E-state index >= 15 is 0 Å². The van der Waals surface area contributed by atoms with Gasteiger partial charge in [0, 0.05) is 0 Å². The first-order valence-corrected chi connectivity index (χ1v) is 6.29. The van der Waals surface area contributed by atoms with Gasteiger partial charge < -0.3 is 5.11 Å². The molecule has 0 rings (SSSR count). The molecule has 0 bridgehead atoms. The van der Waals surface area contributed by atoms with Crippen molar-refractivity contribution in [3.63, 3.8) is 0 Å². The first-order chi connectivity index (χ1) is 6.56. The van der Waals surface area contributed by atoms with E-state index in [0.29, 0.717) is 5.92 Å². The zero-order valence-electron chi connectivity index (χ0n) is 10.5. The Labute approximate surface area is 89.9 Å². The minimum atomic E-state index is -0.411. The maximum atomic E-state index is 10.3. The van der Waals surface area contributed by atoms with Crippen LogP contribution >= 0.6 is 0 Å². The molecule has 0 heterocycles. The first kappa shape index (κ1) is 14.0. The van der Waals surface area contributed by atoms with E-state index in [4.69, 9.17) is 0 Å². The summed E-state index contributed by atoms with van der Waals surface area (Å²) in [6, 6.07) is 0. The van der Waals surface area contributed by atoms with Crippen molar-refractivity contribution in [3.8, 4) is 0 Å². The molecule has 0 aliphatic carbocycles. The van der Waals surface area contributed by atoms with E-state index in [1.165, 1.54) is 32.1 Å². The van der Waals surface area contributed by atoms with Gasteiger partial charge in [-0.1, -0.05) is 59.8 Å². The Balaban J connectivity index is 3.63. The maximum absolute atomic E-state index is 10.3. The second-order valence-corrected chi connectivity index (χ2v) is 4.78. The molecule has 0 saturated heterocycles. The zero-order valence-corrected chi connectivity index (χ0v) is 10.5. The third kappa shape index (κ3) is 4.99. The molecule has 1 N–H and O–H groups in total. The topological polar surface area (TPSA) is 20.2 Å². The first-order valence-electron chi connectivity index (χ1n) is 6.29. The molecule has 1 heteroatoms. The van der Waals surface area contributed by atoms with E-state index in [0.717, 1.165) is 12.8 Å². The lowest BCUT2D eigenvalue weighted by molar-refractivity contribution is -0.0186. The summed E-state index contributed by atoms with van der Waals surface area (Å²) in [5.74, 6) is 0.388. The van der Waals surface area contributed by atoms with Crippen LogP contribution in [0.4, 0.5) is 0 Å². The van der Waals surface area contributed by atoms with Crippen molar-refractivity contribution in [3.05, 3.63) is 0 Å². The molecule has 0 aliphatic heterocycles. The second-order valence-electron chi connectivity index (χ2n) is 4.78. The zero-order chi connectivity index (χ0) is 11.0. The molecule has 0 aromatic carbocycles. The number of unbranched alkanes of at least 4 members (excludes halogenated alkanes) is 4. The summed E-state index contributed by atoms with van der Waals surface area (Å²) in [7, 11) is 0. The molecule has 0 aliphatic rings. The van der Waals surface area contributed by atoms with Crippen LogP contribution in [0.3, 0.4) is 0 Å². The fourth-order valence-corrected chi connectivity index (χ4v) is 1.91. The van der Waals surface area contributed by atoms with E-state index in [2.05, 4.69) is 27.7 Å².